The zero-order valence-corrected chi connectivity index (χ0v) is 12.1. The standard InChI is InChI=1S/C17H20FNO2/c1-13(20)10-19-11-15-4-2-3-5-17(15)21-12-14-6-8-16(18)9-7-14/h2-9,13,19-20H,10-12H2,1H3. The minimum atomic E-state index is -0.378. The van der Waals surface area contributed by atoms with Gasteiger partial charge in [-0.25, -0.2) is 4.39 Å². The molecular formula is C17H20FNO2. The molecular weight excluding hydrogens is 269 g/mol. The average molecular weight is 289 g/mol. The van der Waals surface area contributed by atoms with Crippen LogP contribution in [0.2, 0.25) is 0 Å². The molecule has 21 heavy (non-hydrogen) atoms. The second-order valence-electron chi connectivity index (χ2n) is 5.00. The van der Waals surface area contributed by atoms with E-state index in [1.807, 2.05) is 24.3 Å². The van der Waals surface area contributed by atoms with Crippen molar-refractivity contribution >= 4 is 0 Å². The van der Waals surface area contributed by atoms with Crippen molar-refractivity contribution in [3.05, 3.63) is 65.5 Å². The number of aliphatic hydroxyl groups is 1. The van der Waals surface area contributed by atoms with Crippen LogP contribution in [0.25, 0.3) is 0 Å². The summed E-state index contributed by atoms with van der Waals surface area (Å²) in [6.45, 7) is 3.30. The Hall–Kier alpha value is -1.91. The van der Waals surface area contributed by atoms with E-state index in [-0.39, 0.29) is 11.9 Å². The minimum Gasteiger partial charge on any atom is -0.489 e. The second kappa shape index (κ2) is 7.76. The highest BCUT2D eigenvalue weighted by Crippen LogP contribution is 2.19. The van der Waals surface area contributed by atoms with Crippen molar-refractivity contribution in [3.63, 3.8) is 0 Å². The van der Waals surface area contributed by atoms with Gasteiger partial charge in [0.05, 0.1) is 6.10 Å². The second-order valence-corrected chi connectivity index (χ2v) is 5.00. The molecule has 1 atom stereocenters. The fourth-order valence-electron chi connectivity index (χ4n) is 1.95. The minimum absolute atomic E-state index is 0.249. The molecule has 112 valence electrons. The highest BCUT2D eigenvalue weighted by Gasteiger charge is 2.04. The Morgan fingerprint density at radius 1 is 1.14 bits per heavy atom. The maximum absolute atomic E-state index is 12.8. The van der Waals surface area contributed by atoms with Crippen molar-refractivity contribution < 1.29 is 14.2 Å². The fraction of sp³-hybridized carbons (Fsp3) is 0.294. The Kier molecular flexibility index (Phi) is 5.72. The lowest BCUT2D eigenvalue weighted by atomic mass is 10.2. The first-order valence-corrected chi connectivity index (χ1v) is 6.99. The molecule has 3 nitrogen and oxygen atoms in total. The van der Waals surface area contributed by atoms with Gasteiger partial charge in [0.15, 0.2) is 0 Å². The topological polar surface area (TPSA) is 41.5 Å². The van der Waals surface area contributed by atoms with Gasteiger partial charge >= 0.3 is 0 Å². The van der Waals surface area contributed by atoms with Crippen molar-refractivity contribution in [1.82, 2.24) is 5.32 Å². The first-order chi connectivity index (χ1) is 10.1. The molecule has 0 aliphatic heterocycles. The molecule has 0 aromatic heterocycles. The Bertz CT molecular complexity index is 555. The third-order valence-electron chi connectivity index (χ3n) is 3.04. The summed E-state index contributed by atoms with van der Waals surface area (Å²) in [6, 6.07) is 14.0. The number of para-hydroxylation sites is 1. The molecule has 2 aromatic rings. The Morgan fingerprint density at radius 3 is 2.57 bits per heavy atom. The van der Waals surface area contributed by atoms with Gasteiger partial charge in [-0.05, 0) is 30.7 Å². The van der Waals surface area contributed by atoms with Crippen molar-refractivity contribution in [2.24, 2.45) is 0 Å². The predicted molar refractivity (Wildman–Crippen MR) is 80.6 cm³/mol. The number of halogens is 1. The highest BCUT2D eigenvalue weighted by atomic mass is 19.1. The van der Waals surface area contributed by atoms with Crippen LogP contribution < -0.4 is 10.1 Å². The zero-order chi connectivity index (χ0) is 15.1. The SMILES string of the molecule is CC(O)CNCc1ccccc1OCc1ccc(F)cc1. The number of ether oxygens (including phenoxy) is 1. The quantitative estimate of drug-likeness (QED) is 0.823. The normalized spacial score (nSPS) is 12.1. The fourth-order valence-corrected chi connectivity index (χ4v) is 1.95. The molecule has 0 saturated carbocycles. The lowest BCUT2D eigenvalue weighted by Crippen LogP contribution is -2.24. The van der Waals surface area contributed by atoms with Gasteiger partial charge in [-0.2, -0.15) is 0 Å². The predicted octanol–water partition coefficient (Wildman–Crippen LogP) is 2.88. The first-order valence-electron chi connectivity index (χ1n) is 6.99. The molecule has 0 aliphatic carbocycles. The smallest absolute Gasteiger partial charge is 0.124 e. The van der Waals surface area contributed by atoms with E-state index >= 15 is 0 Å². The first kappa shape index (κ1) is 15.5. The van der Waals surface area contributed by atoms with Gasteiger partial charge in [-0.3, -0.25) is 0 Å². The lowest BCUT2D eigenvalue weighted by Gasteiger charge is -2.13. The van der Waals surface area contributed by atoms with Crippen LogP contribution >= 0.6 is 0 Å². The summed E-state index contributed by atoms with van der Waals surface area (Å²) in [5.74, 6) is 0.543. The third-order valence-corrected chi connectivity index (χ3v) is 3.04. The van der Waals surface area contributed by atoms with Crippen LogP contribution in [-0.4, -0.2) is 17.8 Å². The molecule has 0 fully saturated rings. The van der Waals surface area contributed by atoms with Crippen LogP contribution in [0.5, 0.6) is 5.75 Å². The van der Waals surface area contributed by atoms with Gasteiger partial charge in [-0.15, -0.1) is 0 Å². The molecule has 0 spiro atoms. The van der Waals surface area contributed by atoms with Crippen LogP contribution in [0.1, 0.15) is 18.1 Å². The van der Waals surface area contributed by atoms with Crippen LogP contribution in [-0.2, 0) is 13.2 Å². The van der Waals surface area contributed by atoms with E-state index in [0.29, 0.717) is 19.7 Å². The summed E-state index contributed by atoms with van der Waals surface area (Å²) in [7, 11) is 0. The Labute approximate surface area is 124 Å². The van der Waals surface area contributed by atoms with Gasteiger partial charge in [-0.1, -0.05) is 30.3 Å². The summed E-state index contributed by atoms with van der Waals surface area (Å²) in [5, 5.41) is 12.4. The van der Waals surface area contributed by atoms with E-state index in [4.69, 9.17) is 4.74 Å². The van der Waals surface area contributed by atoms with E-state index in [9.17, 15) is 9.50 Å². The van der Waals surface area contributed by atoms with Gasteiger partial charge < -0.3 is 15.2 Å². The summed E-state index contributed by atoms with van der Waals surface area (Å²) in [4.78, 5) is 0. The van der Waals surface area contributed by atoms with Gasteiger partial charge in [0.25, 0.3) is 0 Å². The van der Waals surface area contributed by atoms with Crippen molar-refractivity contribution in [1.29, 1.82) is 0 Å². The molecule has 0 aliphatic rings. The third kappa shape index (κ3) is 5.17. The van der Waals surface area contributed by atoms with Gasteiger partial charge in [0.2, 0.25) is 0 Å². The zero-order valence-electron chi connectivity index (χ0n) is 12.1. The van der Waals surface area contributed by atoms with E-state index in [1.54, 1.807) is 19.1 Å². The molecule has 0 saturated heterocycles. The molecule has 2 rings (SSSR count). The van der Waals surface area contributed by atoms with E-state index < -0.39 is 0 Å². The maximum atomic E-state index is 12.8. The van der Waals surface area contributed by atoms with Crippen molar-refractivity contribution in [3.8, 4) is 5.75 Å². The lowest BCUT2D eigenvalue weighted by molar-refractivity contribution is 0.190. The molecule has 0 amide bonds. The number of benzene rings is 2. The summed E-state index contributed by atoms with van der Waals surface area (Å²) in [6.07, 6.45) is -0.378. The number of aliphatic hydroxyl groups excluding tert-OH is 1. The van der Waals surface area contributed by atoms with Crippen LogP contribution in [0.15, 0.2) is 48.5 Å². The maximum Gasteiger partial charge on any atom is 0.124 e. The molecule has 0 heterocycles. The summed E-state index contributed by atoms with van der Waals surface area (Å²) in [5.41, 5.74) is 1.95. The van der Waals surface area contributed by atoms with E-state index in [0.717, 1.165) is 16.9 Å². The molecule has 4 heteroatoms. The van der Waals surface area contributed by atoms with E-state index in [1.165, 1.54) is 12.1 Å². The number of hydrogen-bond acceptors (Lipinski definition) is 3. The van der Waals surface area contributed by atoms with Gasteiger partial charge in [0, 0.05) is 18.7 Å². The largest absolute Gasteiger partial charge is 0.489 e. The monoisotopic (exact) mass is 289 g/mol. The molecule has 0 bridgehead atoms. The van der Waals surface area contributed by atoms with Crippen LogP contribution in [0.4, 0.5) is 4.39 Å². The summed E-state index contributed by atoms with van der Waals surface area (Å²) >= 11 is 0. The van der Waals surface area contributed by atoms with Crippen LogP contribution in [0.3, 0.4) is 0 Å². The van der Waals surface area contributed by atoms with Crippen LogP contribution in [0, 0.1) is 5.82 Å². The molecule has 1 unspecified atom stereocenters. The van der Waals surface area contributed by atoms with Crippen molar-refractivity contribution in [2.75, 3.05) is 6.54 Å². The number of nitrogens with one attached hydrogen (secondary N) is 1. The number of hydrogen-bond donors (Lipinski definition) is 2. The summed E-state index contributed by atoms with van der Waals surface area (Å²) < 4.78 is 18.6. The van der Waals surface area contributed by atoms with E-state index in [2.05, 4.69) is 5.32 Å². The highest BCUT2D eigenvalue weighted by molar-refractivity contribution is 5.33. The van der Waals surface area contributed by atoms with Crippen molar-refractivity contribution in [2.45, 2.75) is 26.2 Å². The Balaban J connectivity index is 1.94. The molecule has 0 radical (unpaired) electrons. The van der Waals surface area contributed by atoms with Gasteiger partial charge in [0.1, 0.15) is 18.2 Å². The molecule has 2 N–H and O–H groups in total. The Morgan fingerprint density at radius 2 is 1.86 bits per heavy atom. The average Bonchev–Trinajstić information content (AvgIpc) is 2.47. The number of rotatable bonds is 7. The molecule has 2 aromatic carbocycles.